The fourth-order valence-corrected chi connectivity index (χ4v) is 4.12. The van der Waals surface area contributed by atoms with E-state index >= 15 is 0 Å². The van der Waals surface area contributed by atoms with Crippen LogP contribution in [-0.4, -0.2) is 41.5 Å². The Kier molecular flexibility index (Phi) is 3.82. The third-order valence-corrected chi connectivity index (χ3v) is 5.54. The lowest BCUT2D eigenvalue weighted by Gasteiger charge is -2.44. The van der Waals surface area contributed by atoms with E-state index in [2.05, 4.69) is 15.2 Å². The molecular formula is C16H19N3O3S. The van der Waals surface area contributed by atoms with Gasteiger partial charge < -0.3 is 19.4 Å². The first-order chi connectivity index (χ1) is 11.2. The molecule has 1 N–H and O–H groups in total. The zero-order chi connectivity index (χ0) is 15.8. The Bertz CT molecular complexity index is 703. The summed E-state index contributed by atoms with van der Waals surface area (Å²) in [5.74, 6) is 1.50. The van der Waals surface area contributed by atoms with Gasteiger partial charge in [0.05, 0.1) is 4.88 Å². The van der Waals surface area contributed by atoms with Crippen LogP contribution < -0.4 is 10.1 Å². The summed E-state index contributed by atoms with van der Waals surface area (Å²) in [6, 6.07) is 3.85. The van der Waals surface area contributed by atoms with Crippen LogP contribution >= 0.6 is 11.3 Å². The first kappa shape index (κ1) is 14.7. The molecule has 0 aromatic carbocycles. The van der Waals surface area contributed by atoms with Crippen molar-refractivity contribution in [3.8, 4) is 11.0 Å². The fraction of sp³-hybridized carbons (Fsp3) is 0.500. The maximum absolute atomic E-state index is 12.4. The van der Waals surface area contributed by atoms with Crippen LogP contribution in [0.2, 0.25) is 0 Å². The zero-order valence-electron chi connectivity index (χ0n) is 12.9. The van der Waals surface area contributed by atoms with Gasteiger partial charge in [0, 0.05) is 19.5 Å². The smallest absolute Gasteiger partial charge is 0.311 e. The minimum Gasteiger partial charge on any atom is -0.414 e. The molecular weight excluding hydrogens is 314 g/mol. The molecule has 122 valence electrons. The van der Waals surface area contributed by atoms with Gasteiger partial charge in [-0.15, -0.1) is 0 Å². The largest absolute Gasteiger partial charge is 0.414 e. The molecule has 0 spiro atoms. The standard InChI is InChI=1S/C16H19N3O3S/c1-10-17-8-14(21-10)22-15-3-2-13(23-15)16(20)18-12-9-19-6-4-11(12)5-7-19/h2-3,8,11-12H,4-7,9H2,1H3,(H,18,20). The molecule has 3 fully saturated rings. The van der Waals surface area contributed by atoms with Gasteiger partial charge in [-0.25, -0.2) is 4.98 Å². The van der Waals surface area contributed by atoms with Gasteiger partial charge in [-0.2, -0.15) is 0 Å². The van der Waals surface area contributed by atoms with E-state index in [4.69, 9.17) is 9.15 Å². The normalized spacial score (nSPS) is 26.2. The Morgan fingerprint density at radius 1 is 1.43 bits per heavy atom. The van der Waals surface area contributed by atoms with E-state index in [1.165, 1.54) is 43.5 Å². The summed E-state index contributed by atoms with van der Waals surface area (Å²) in [4.78, 5) is 19.5. The van der Waals surface area contributed by atoms with Crippen LogP contribution in [0.15, 0.2) is 22.7 Å². The van der Waals surface area contributed by atoms with Gasteiger partial charge in [-0.05, 0) is 44.0 Å². The highest BCUT2D eigenvalue weighted by molar-refractivity contribution is 7.15. The van der Waals surface area contributed by atoms with Crippen molar-refractivity contribution in [2.75, 3.05) is 19.6 Å². The van der Waals surface area contributed by atoms with Gasteiger partial charge in [-0.3, -0.25) is 4.79 Å². The summed E-state index contributed by atoms with van der Waals surface area (Å²) in [6.07, 6.45) is 3.91. The molecule has 7 heteroatoms. The molecule has 1 atom stereocenters. The molecule has 5 heterocycles. The molecule has 2 aromatic rings. The molecule has 1 amide bonds. The van der Waals surface area contributed by atoms with E-state index < -0.39 is 0 Å². The molecule has 6 nitrogen and oxygen atoms in total. The van der Waals surface area contributed by atoms with Crippen molar-refractivity contribution in [3.05, 3.63) is 29.1 Å². The van der Waals surface area contributed by atoms with Crippen molar-refractivity contribution >= 4 is 17.2 Å². The molecule has 0 radical (unpaired) electrons. The molecule has 3 aliphatic rings. The number of fused-ring (bicyclic) bond motifs is 3. The van der Waals surface area contributed by atoms with Crippen LogP contribution in [0.1, 0.15) is 28.4 Å². The SMILES string of the molecule is Cc1ncc(Oc2ccc(C(=O)NC3CN4CCC3CC4)s2)o1. The summed E-state index contributed by atoms with van der Waals surface area (Å²) in [7, 11) is 0. The third-order valence-electron chi connectivity index (χ3n) is 4.58. The van der Waals surface area contributed by atoms with Crippen molar-refractivity contribution in [2.45, 2.75) is 25.8 Å². The molecule has 1 unspecified atom stereocenters. The highest BCUT2D eigenvalue weighted by Gasteiger charge is 2.35. The number of ether oxygens (including phenoxy) is 1. The van der Waals surface area contributed by atoms with Crippen LogP contribution in [0.3, 0.4) is 0 Å². The number of thiophene rings is 1. The highest BCUT2D eigenvalue weighted by atomic mass is 32.1. The number of piperidine rings is 3. The molecule has 0 saturated carbocycles. The second-order valence-electron chi connectivity index (χ2n) is 6.14. The molecule has 5 rings (SSSR count). The predicted molar refractivity (Wildman–Crippen MR) is 86.1 cm³/mol. The number of nitrogens with one attached hydrogen (secondary N) is 1. The molecule has 3 aliphatic heterocycles. The van der Waals surface area contributed by atoms with E-state index in [0.717, 1.165) is 6.54 Å². The lowest BCUT2D eigenvalue weighted by Crippen LogP contribution is -2.57. The molecule has 2 bridgehead atoms. The van der Waals surface area contributed by atoms with Crippen LogP contribution in [-0.2, 0) is 0 Å². The Morgan fingerprint density at radius 2 is 2.26 bits per heavy atom. The van der Waals surface area contributed by atoms with Gasteiger partial charge in [-0.1, -0.05) is 11.3 Å². The average molecular weight is 333 g/mol. The van der Waals surface area contributed by atoms with Crippen LogP contribution in [0.4, 0.5) is 0 Å². The lowest BCUT2D eigenvalue weighted by molar-refractivity contribution is 0.0622. The van der Waals surface area contributed by atoms with Gasteiger partial charge >= 0.3 is 5.95 Å². The topological polar surface area (TPSA) is 67.6 Å². The van der Waals surface area contributed by atoms with E-state index in [1.54, 1.807) is 19.1 Å². The number of carbonyl (C=O) groups is 1. The summed E-state index contributed by atoms with van der Waals surface area (Å²) in [6.45, 7) is 5.08. The van der Waals surface area contributed by atoms with E-state index in [0.29, 0.717) is 27.7 Å². The Hall–Kier alpha value is -1.86. The van der Waals surface area contributed by atoms with Crippen molar-refractivity contribution in [1.82, 2.24) is 15.2 Å². The second kappa shape index (κ2) is 5.98. The number of carbonyl (C=O) groups excluding carboxylic acids is 1. The number of rotatable bonds is 4. The van der Waals surface area contributed by atoms with Gasteiger partial charge in [0.2, 0.25) is 0 Å². The van der Waals surface area contributed by atoms with Crippen molar-refractivity contribution < 1.29 is 13.9 Å². The van der Waals surface area contributed by atoms with Crippen LogP contribution in [0.25, 0.3) is 0 Å². The second-order valence-corrected chi connectivity index (χ2v) is 7.18. The number of oxazole rings is 1. The summed E-state index contributed by atoms with van der Waals surface area (Å²) in [5.41, 5.74) is 0. The van der Waals surface area contributed by atoms with Crippen LogP contribution in [0.5, 0.6) is 11.0 Å². The van der Waals surface area contributed by atoms with E-state index in [1.807, 2.05) is 0 Å². The van der Waals surface area contributed by atoms with Gasteiger partial charge in [0.1, 0.15) is 6.20 Å². The molecule has 0 aliphatic carbocycles. The molecule has 3 saturated heterocycles. The number of amides is 1. The Balaban J connectivity index is 1.39. The summed E-state index contributed by atoms with van der Waals surface area (Å²) < 4.78 is 10.8. The van der Waals surface area contributed by atoms with E-state index in [9.17, 15) is 4.79 Å². The average Bonchev–Trinajstić information content (AvgIpc) is 3.18. The maximum Gasteiger partial charge on any atom is 0.311 e. The minimum absolute atomic E-state index is 0.0163. The summed E-state index contributed by atoms with van der Waals surface area (Å²) >= 11 is 1.32. The van der Waals surface area contributed by atoms with E-state index in [-0.39, 0.29) is 11.9 Å². The van der Waals surface area contributed by atoms with Crippen molar-refractivity contribution in [1.29, 1.82) is 0 Å². The molecule has 2 aromatic heterocycles. The third kappa shape index (κ3) is 3.11. The van der Waals surface area contributed by atoms with Crippen molar-refractivity contribution in [2.24, 2.45) is 5.92 Å². The number of nitrogens with zero attached hydrogens (tertiary/aromatic N) is 2. The quantitative estimate of drug-likeness (QED) is 0.932. The summed E-state index contributed by atoms with van der Waals surface area (Å²) in [5, 5.41) is 3.81. The van der Waals surface area contributed by atoms with Gasteiger partial charge in [0.25, 0.3) is 5.91 Å². The Morgan fingerprint density at radius 3 is 2.91 bits per heavy atom. The lowest BCUT2D eigenvalue weighted by atomic mass is 9.84. The zero-order valence-corrected chi connectivity index (χ0v) is 13.8. The first-order valence-electron chi connectivity index (χ1n) is 7.91. The predicted octanol–water partition coefficient (Wildman–Crippen LogP) is 2.66. The number of hydrogen-bond acceptors (Lipinski definition) is 6. The highest BCUT2D eigenvalue weighted by Crippen LogP contribution is 2.31. The Labute approximate surface area is 138 Å². The maximum atomic E-state index is 12.4. The molecule has 23 heavy (non-hydrogen) atoms. The number of aryl methyl sites for hydroxylation is 1. The first-order valence-corrected chi connectivity index (χ1v) is 8.72. The number of aromatic nitrogens is 1. The van der Waals surface area contributed by atoms with Crippen molar-refractivity contribution in [3.63, 3.8) is 0 Å². The monoisotopic (exact) mass is 333 g/mol. The minimum atomic E-state index is -0.0163. The van der Waals surface area contributed by atoms with Gasteiger partial charge in [0.15, 0.2) is 11.0 Å². The fourth-order valence-electron chi connectivity index (χ4n) is 3.35. The number of hydrogen-bond donors (Lipinski definition) is 1. The van der Waals surface area contributed by atoms with Crippen LogP contribution in [0, 0.1) is 12.8 Å².